The summed E-state index contributed by atoms with van der Waals surface area (Å²) in [6.07, 6.45) is 11.4. The van der Waals surface area contributed by atoms with Crippen molar-refractivity contribution in [3.63, 3.8) is 0 Å². The van der Waals surface area contributed by atoms with Gasteiger partial charge in [-0.1, -0.05) is 6.42 Å². The molecular weight excluding hydrogens is 446 g/mol. The SMILES string of the molecule is Cc1cc(-c2cnccnccn2Nc2ccc(C(=O)NCCCCCS)c(C)c2)ccc1O. The van der Waals surface area contributed by atoms with E-state index in [1.165, 1.54) is 0 Å². The van der Waals surface area contributed by atoms with Crippen molar-refractivity contribution in [2.75, 3.05) is 17.7 Å². The van der Waals surface area contributed by atoms with Crippen LogP contribution in [0.2, 0.25) is 0 Å². The summed E-state index contributed by atoms with van der Waals surface area (Å²) >= 11 is 4.21. The summed E-state index contributed by atoms with van der Waals surface area (Å²) in [6, 6.07) is 11.0. The molecule has 3 aromatic rings. The van der Waals surface area contributed by atoms with Gasteiger partial charge in [0.1, 0.15) is 5.75 Å². The molecule has 2 aromatic carbocycles. The maximum Gasteiger partial charge on any atom is 0.251 e. The van der Waals surface area contributed by atoms with E-state index in [-0.39, 0.29) is 11.7 Å². The van der Waals surface area contributed by atoms with E-state index in [0.29, 0.717) is 12.1 Å². The van der Waals surface area contributed by atoms with E-state index in [9.17, 15) is 9.90 Å². The third-order valence-electron chi connectivity index (χ3n) is 5.33. The van der Waals surface area contributed by atoms with Crippen molar-refractivity contribution >= 4 is 24.2 Å². The van der Waals surface area contributed by atoms with Crippen molar-refractivity contribution in [1.29, 1.82) is 0 Å². The topological polar surface area (TPSA) is 92.1 Å². The van der Waals surface area contributed by atoms with Gasteiger partial charge < -0.3 is 10.4 Å². The third kappa shape index (κ3) is 6.99. The van der Waals surface area contributed by atoms with E-state index < -0.39 is 0 Å². The normalized spacial score (nSPS) is 10.4. The van der Waals surface area contributed by atoms with Crippen molar-refractivity contribution in [2.45, 2.75) is 33.1 Å². The van der Waals surface area contributed by atoms with Gasteiger partial charge in [-0.2, -0.15) is 12.6 Å². The minimum Gasteiger partial charge on any atom is -0.508 e. The predicted molar refractivity (Wildman–Crippen MR) is 140 cm³/mol. The first kappa shape index (κ1) is 25.1. The minimum atomic E-state index is -0.0682. The van der Waals surface area contributed by atoms with Gasteiger partial charge in [0, 0.05) is 42.5 Å². The zero-order valence-corrected chi connectivity index (χ0v) is 20.4. The number of phenols is 1. The Morgan fingerprint density at radius 2 is 1.82 bits per heavy atom. The average Bonchev–Trinajstić information content (AvgIpc) is 2.93. The maximum atomic E-state index is 12.6. The molecule has 1 aromatic heterocycles. The molecule has 0 bridgehead atoms. The summed E-state index contributed by atoms with van der Waals surface area (Å²) in [5.41, 5.74) is 8.09. The van der Waals surface area contributed by atoms with Crippen molar-refractivity contribution < 1.29 is 9.90 Å². The monoisotopic (exact) mass is 477 g/mol. The highest BCUT2D eigenvalue weighted by Gasteiger charge is 2.10. The zero-order valence-electron chi connectivity index (χ0n) is 19.5. The summed E-state index contributed by atoms with van der Waals surface area (Å²) in [5, 5.41) is 12.9. The van der Waals surface area contributed by atoms with E-state index in [0.717, 1.165) is 53.1 Å². The smallest absolute Gasteiger partial charge is 0.251 e. The van der Waals surface area contributed by atoms with Gasteiger partial charge in [0.25, 0.3) is 5.91 Å². The fraction of sp³-hybridized carbons (Fsp3) is 0.269. The third-order valence-corrected chi connectivity index (χ3v) is 5.65. The van der Waals surface area contributed by atoms with Crippen molar-refractivity contribution in [1.82, 2.24) is 20.0 Å². The fourth-order valence-corrected chi connectivity index (χ4v) is 3.68. The number of aryl methyl sites for hydroxylation is 2. The van der Waals surface area contributed by atoms with Crippen LogP contribution in [0.5, 0.6) is 5.75 Å². The van der Waals surface area contributed by atoms with Crippen molar-refractivity contribution in [2.24, 2.45) is 0 Å². The average molecular weight is 478 g/mol. The molecular formula is C26H31N5O2S. The molecule has 1 amide bonds. The van der Waals surface area contributed by atoms with Crippen LogP contribution >= 0.6 is 12.6 Å². The number of nitrogens with zero attached hydrogens (tertiary/aromatic N) is 3. The molecule has 3 N–H and O–H groups in total. The molecule has 0 radical (unpaired) electrons. The van der Waals surface area contributed by atoms with Crippen LogP contribution in [-0.4, -0.2) is 38.0 Å². The highest BCUT2D eigenvalue weighted by Crippen LogP contribution is 2.25. The zero-order chi connectivity index (χ0) is 24.3. The van der Waals surface area contributed by atoms with E-state index in [4.69, 9.17) is 0 Å². The Balaban J connectivity index is 1.86. The lowest BCUT2D eigenvalue weighted by Gasteiger charge is -2.16. The lowest BCUT2D eigenvalue weighted by molar-refractivity contribution is 0.0952. The summed E-state index contributed by atoms with van der Waals surface area (Å²) < 4.78 is 1.81. The maximum absolute atomic E-state index is 12.6. The van der Waals surface area contributed by atoms with Gasteiger partial charge in [-0.05, 0) is 80.0 Å². The van der Waals surface area contributed by atoms with Crippen molar-refractivity contribution in [3.8, 4) is 17.0 Å². The Hall–Kier alpha value is -3.52. The largest absolute Gasteiger partial charge is 0.508 e. The van der Waals surface area contributed by atoms with Crippen LogP contribution in [0.4, 0.5) is 5.69 Å². The molecule has 0 unspecified atom stereocenters. The molecule has 0 aliphatic carbocycles. The number of aromatic nitrogens is 3. The number of unbranched alkanes of at least 4 members (excludes halogenated alkanes) is 2. The van der Waals surface area contributed by atoms with E-state index >= 15 is 0 Å². The number of nitrogens with one attached hydrogen (secondary N) is 2. The number of hydrogen-bond acceptors (Lipinski definition) is 6. The van der Waals surface area contributed by atoms with Crippen LogP contribution < -0.4 is 10.7 Å². The first-order valence-corrected chi connectivity index (χ1v) is 11.9. The molecule has 0 spiro atoms. The van der Waals surface area contributed by atoms with Crippen LogP contribution in [0.1, 0.15) is 40.7 Å². The molecule has 0 aliphatic heterocycles. The van der Waals surface area contributed by atoms with E-state index in [2.05, 4.69) is 33.3 Å². The van der Waals surface area contributed by atoms with Crippen LogP contribution in [0.3, 0.4) is 0 Å². The van der Waals surface area contributed by atoms with Gasteiger partial charge in [-0.3, -0.25) is 24.9 Å². The quantitative estimate of drug-likeness (QED) is 0.254. The number of anilines is 1. The number of aromatic hydroxyl groups is 1. The molecule has 178 valence electrons. The number of amides is 1. The highest BCUT2D eigenvalue weighted by atomic mass is 32.1. The van der Waals surface area contributed by atoms with Gasteiger partial charge in [0.05, 0.1) is 17.6 Å². The number of carbonyl (C=O) groups excluding carboxylic acids is 1. The standard InChI is InChI=1S/C26H31N5O2S/c1-19-17-22(7-8-23(19)26(33)29-10-4-3-5-15-34)30-31-14-13-27-11-12-28-18-24(31)21-6-9-25(32)20(2)16-21/h6-9,11-14,16-18,30,32,34H,3-5,10,15H2,1-2H3,(H,29,33). The van der Waals surface area contributed by atoms with Gasteiger partial charge >= 0.3 is 0 Å². The number of carbonyl (C=O) groups is 1. The highest BCUT2D eigenvalue weighted by molar-refractivity contribution is 7.80. The number of thiol groups is 1. The van der Waals surface area contributed by atoms with Crippen LogP contribution in [0.15, 0.2) is 67.4 Å². The Morgan fingerprint density at radius 1 is 1.00 bits per heavy atom. The van der Waals surface area contributed by atoms with Crippen molar-refractivity contribution in [3.05, 3.63) is 84.1 Å². The van der Waals surface area contributed by atoms with Gasteiger partial charge in [0.15, 0.2) is 0 Å². The number of rotatable bonds is 9. The second-order valence-electron chi connectivity index (χ2n) is 7.96. The summed E-state index contributed by atoms with van der Waals surface area (Å²) in [4.78, 5) is 21.1. The molecule has 0 saturated carbocycles. The second kappa shape index (κ2) is 12.6. The lowest BCUT2D eigenvalue weighted by atomic mass is 10.1. The molecule has 0 aliphatic rings. The molecule has 34 heavy (non-hydrogen) atoms. The number of hydrogen-bond donors (Lipinski definition) is 4. The molecule has 0 fully saturated rings. The van der Waals surface area contributed by atoms with Crippen LogP contribution in [-0.2, 0) is 0 Å². The Morgan fingerprint density at radius 3 is 2.59 bits per heavy atom. The lowest BCUT2D eigenvalue weighted by Crippen LogP contribution is -2.25. The van der Waals surface area contributed by atoms with Gasteiger partial charge in [-0.25, -0.2) is 0 Å². The molecule has 7 nitrogen and oxygen atoms in total. The first-order valence-electron chi connectivity index (χ1n) is 11.3. The number of benzene rings is 2. The van der Waals surface area contributed by atoms with E-state index in [1.807, 2.05) is 48.9 Å². The van der Waals surface area contributed by atoms with E-state index in [1.54, 1.807) is 37.1 Å². The Kier molecular flexibility index (Phi) is 9.34. The summed E-state index contributed by atoms with van der Waals surface area (Å²) in [5.74, 6) is 1.04. The minimum absolute atomic E-state index is 0.0682. The first-order chi connectivity index (χ1) is 16.5. The summed E-state index contributed by atoms with van der Waals surface area (Å²) in [6.45, 7) is 4.43. The van der Waals surface area contributed by atoms with Crippen LogP contribution in [0, 0.1) is 13.8 Å². The van der Waals surface area contributed by atoms with Crippen LogP contribution in [0.25, 0.3) is 11.3 Å². The summed E-state index contributed by atoms with van der Waals surface area (Å²) in [7, 11) is 0. The number of phenolic OH excluding ortho intramolecular Hbond substituents is 1. The molecule has 0 saturated heterocycles. The van der Waals surface area contributed by atoms with Gasteiger partial charge in [-0.15, -0.1) is 0 Å². The predicted octanol–water partition coefficient (Wildman–Crippen LogP) is 5.10. The van der Waals surface area contributed by atoms with Gasteiger partial charge in [0.2, 0.25) is 0 Å². The fourth-order valence-electron chi connectivity index (χ4n) is 3.45. The molecule has 8 heteroatoms. The Labute approximate surface area is 206 Å². The molecule has 0 atom stereocenters. The molecule has 3 rings (SSSR count). The Bertz CT molecular complexity index is 1180. The second-order valence-corrected chi connectivity index (χ2v) is 8.41. The molecule has 1 heterocycles.